The predicted molar refractivity (Wildman–Crippen MR) is 121 cm³/mol. The molecule has 3 aromatic rings. The first-order chi connectivity index (χ1) is 14.7. The summed E-state index contributed by atoms with van der Waals surface area (Å²) in [5.41, 5.74) is 1.55. The van der Waals surface area contributed by atoms with Gasteiger partial charge in [0.05, 0.1) is 16.5 Å². The minimum atomic E-state index is -3.84. The van der Waals surface area contributed by atoms with Gasteiger partial charge in [0, 0.05) is 17.4 Å². The molecule has 11 heteroatoms. The molecular weight excluding hydrogens is 454 g/mol. The third-order valence-corrected chi connectivity index (χ3v) is 5.38. The van der Waals surface area contributed by atoms with Gasteiger partial charge in [0.15, 0.2) is 6.61 Å². The number of ether oxygens (including phenoxy) is 1. The number of nitriles is 1. The molecule has 2 N–H and O–H groups in total. The number of carbonyl (C=O) groups is 1. The van der Waals surface area contributed by atoms with Crippen molar-refractivity contribution in [2.75, 3.05) is 16.6 Å². The number of carbonyl (C=O) groups excluding carboxylic acids is 1. The number of nitrogens with one attached hydrogen (secondary N) is 2. The number of aryl methyl sites for hydroxylation is 2. The van der Waals surface area contributed by atoms with E-state index in [2.05, 4.69) is 20.0 Å². The average molecular weight is 474 g/mol. The van der Waals surface area contributed by atoms with E-state index in [1.54, 1.807) is 38.1 Å². The number of benzene rings is 2. The number of halogens is 1. The van der Waals surface area contributed by atoms with Crippen LogP contribution < -0.4 is 14.8 Å². The fourth-order valence-electron chi connectivity index (χ4n) is 2.65. The molecule has 0 bridgehead atoms. The predicted octanol–water partition coefficient (Wildman–Crippen LogP) is 3.21. The van der Waals surface area contributed by atoms with Crippen LogP contribution in [0.5, 0.6) is 5.75 Å². The Bertz CT molecular complexity index is 1220. The molecule has 0 saturated heterocycles. The smallest absolute Gasteiger partial charge is 0.263 e. The number of rotatable bonds is 7. The van der Waals surface area contributed by atoms with Crippen molar-refractivity contribution >= 4 is 39.8 Å². The Morgan fingerprint density at radius 2 is 1.72 bits per heavy atom. The Balaban J connectivity index is 0.00000363. The molecular formula is C21H20ClN5O4S. The van der Waals surface area contributed by atoms with E-state index in [9.17, 15) is 13.2 Å². The topological polar surface area (TPSA) is 134 Å². The van der Waals surface area contributed by atoms with Gasteiger partial charge in [-0.3, -0.25) is 9.52 Å². The standard InChI is InChI=1S/C21H19N5O4S.ClH/c1-14-11-20(24-15(2)23-14)26-31(28,29)19-9-5-17(6-10-19)25-21(27)13-30-18-7-3-16(12-22)4-8-18;/h3-11H,13H2,1-2H3,(H,25,27)(H,23,24,26);1H. The second-order valence-electron chi connectivity index (χ2n) is 6.54. The number of hydrogen-bond donors (Lipinski definition) is 2. The van der Waals surface area contributed by atoms with Gasteiger partial charge in [0.1, 0.15) is 17.4 Å². The number of nitrogens with zero attached hydrogens (tertiary/aromatic N) is 3. The van der Waals surface area contributed by atoms with Gasteiger partial charge in [-0.2, -0.15) is 5.26 Å². The summed E-state index contributed by atoms with van der Waals surface area (Å²) in [4.78, 5) is 20.3. The van der Waals surface area contributed by atoms with E-state index in [-0.39, 0.29) is 29.7 Å². The second-order valence-corrected chi connectivity index (χ2v) is 8.23. The normalized spacial score (nSPS) is 10.4. The van der Waals surface area contributed by atoms with Gasteiger partial charge >= 0.3 is 0 Å². The molecule has 166 valence electrons. The molecule has 0 atom stereocenters. The summed E-state index contributed by atoms with van der Waals surface area (Å²) in [6.07, 6.45) is 0. The van der Waals surface area contributed by atoms with Crippen LogP contribution in [0.3, 0.4) is 0 Å². The number of sulfonamides is 1. The summed E-state index contributed by atoms with van der Waals surface area (Å²) in [6.45, 7) is 3.18. The van der Waals surface area contributed by atoms with E-state index >= 15 is 0 Å². The van der Waals surface area contributed by atoms with Gasteiger partial charge in [-0.15, -0.1) is 12.4 Å². The molecule has 32 heavy (non-hydrogen) atoms. The van der Waals surface area contributed by atoms with Crippen LogP contribution in [0.4, 0.5) is 11.5 Å². The lowest BCUT2D eigenvalue weighted by Gasteiger charge is -2.10. The maximum atomic E-state index is 12.6. The SMILES string of the molecule is Cc1cc(NS(=O)(=O)c2ccc(NC(=O)COc3ccc(C#N)cc3)cc2)nc(C)n1.Cl. The highest BCUT2D eigenvalue weighted by Gasteiger charge is 2.16. The zero-order valence-corrected chi connectivity index (χ0v) is 18.8. The lowest BCUT2D eigenvalue weighted by Crippen LogP contribution is -2.20. The first-order valence-corrected chi connectivity index (χ1v) is 10.6. The highest BCUT2D eigenvalue weighted by molar-refractivity contribution is 7.92. The van der Waals surface area contributed by atoms with Gasteiger partial charge in [-0.05, 0) is 62.4 Å². The summed E-state index contributed by atoms with van der Waals surface area (Å²) in [5.74, 6) is 0.684. The summed E-state index contributed by atoms with van der Waals surface area (Å²) >= 11 is 0. The third-order valence-electron chi connectivity index (χ3n) is 4.01. The first-order valence-electron chi connectivity index (χ1n) is 9.13. The molecule has 1 heterocycles. The molecule has 0 fully saturated rings. The summed E-state index contributed by atoms with van der Waals surface area (Å²) < 4.78 is 32.9. The average Bonchev–Trinajstić information content (AvgIpc) is 2.72. The van der Waals surface area contributed by atoms with Gasteiger partial charge in [0.2, 0.25) is 0 Å². The lowest BCUT2D eigenvalue weighted by molar-refractivity contribution is -0.118. The van der Waals surface area contributed by atoms with Crippen LogP contribution in [0.2, 0.25) is 0 Å². The highest BCUT2D eigenvalue weighted by atomic mass is 35.5. The van der Waals surface area contributed by atoms with E-state index in [1.807, 2.05) is 6.07 Å². The summed E-state index contributed by atoms with van der Waals surface area (Å²) in [6, 6.07) is 15.6. The van der Waals surface area contributed by atoms with Crippen LogP contribution in [0.15, 0.2) is 59.5 Å². The van der Waals surface area contributed by atoms with Crippen molar-refractivity contribution in [1.82, 2.24) is 9.97 Å². The molecule has 0 aliphatic carbocycles. The zero-order chi connectivity index (χ0) is 22.4. The molecule has 2 aromatic carbocycles. The largest absolute Gasteiger partial charge is 0.484 e. The van der Waals surface area contributed by atoms with Crippen molar-refractivity contribution in [2.45, 2.75) is 18.7 Å². The Kier molecular flexibility index (Phi) is 8.12. The number of anilines is 2. The van der Waals surface area contributed by atoms with Crippen molar-refractivity contribution in [2.24, 2.45) is 0 Å². The van der Waals surface area contributed by atoms with Gasteiger partial charge < -0.3 is 10.1 Å². The van der Waals surface area contributed by atoms with E-state index in [4.69, 9.17) is 10.00 Å². The van der Waals surface area contributed by atoms with E-state index < -0.39 is 15.9 Å². The van der Waals surface area contributed by atoms with Crippen LogP contribution in [0.1, 0.15) is 17.1 Å². The monoisotopic (exact) mass is 473 g/mol. The zero-order valence-electron chi connectivity index (χ0n) is 17.2. The molecule has 1 aromatic heterocycles. The molecule has 0 aliphatic heterocycles. The molecule has 0 saturated carbocycles. The number of aromatic nitrogens is 2. The van der Waals surface area contributed by atoms with E-state index in [1.165, 1.54) is 30.3 Å². The highest BCUT2D eigenvalue weighted by Crippen LogP contribution is 2.18. The maximum absolute atomic E-state index is 12.6. The fourth-order valence-corrected chi connectivity index (χ4v) is 3.65. The fraction of sp³-hybridized carbons (Fsp3) is 0.143. The Morgan fingerprint density at radius 1 is 1.06 bits per heavy atom. The molecule has 0 unspecified atom stereocenters. The van der Waals surface area contributed by atoms with Gasteiger partial charge in [-0.1, -0.05) is 0 Å². The van der Waals surface area contributed by atoms with Crippen LogP contribution in [0.25, 0.3) is 0 Å². The number of hydrogen-bond acceptors (Lipinski definition) is 7. The van der Waals surface area contributed by atoms with Crippen molar-refractivity contribution in [3.8, 4) is 11.8 Å². The van der Waals surface area contributed by atoms with Gasteiger partial charge in [0.25, 0.3) is 15.9 Å². The Labute approximate surface area is 191 Å². The van der Waals surface area contributed by atoms with Crippen molar-refractivity contribution in [3.63, 3.8) is 0 Å². The Morgan fingerprint density at radius 3 is 2.31 bits per heavy atom. The van der Waals surface area contributed by atoms with Crippen molar-refractivity contribution in [1.29, 1.82) is 5.26 Å². The molecule has 3 rings (SSSR count). The van der Waals surface area contributed by atoms with Gasteiger partial charge in [-0.25, -0.2) is 18.4 Å². The third kappa shape index (κ3) is 6.66. The van der Waals surface area contributed by atoms with E-state index in [0.717, 1.165) is 0 Å². The first kappa shape index (κ1) is 24.6. The number of amides is 1. The molecule has 0 radical (unpaired) electrons. The lowest BCUT2D eigenvalue weighted by atomic mass is 10.2. The Hall–Kier alpha value is -3.68. The van der Waals surface area contributed by atoms with Crippen LogP contribution >= 0.6 is 12.4 Å². The summed E-state index contributed by atoms with van der Waals surface area (Å²) in [7, 11) is -3.84. The van der Waals surface area contributed by atoms with Crippen LogP contribution in [-0.2, 0) is 14.8 Å². The van der Waals surface area contributed by atoms with Crippen LogP contribution in [0, 0.1) is 25.2 Å². The minimum absolute atomic E-state index is 0. The molecule has 0 aliphatic rings. The maximum Gasteiger partial charge on any atom is 0.263 e. The minimum Gasteiger partial charge on any atom is -0.484 e. The van der Waals surface area contributed by atoms with E-state index in [0.29, 0.717) is 28.5 Å². The molecule has 0 spiro atoms. The van der Waals surface area contributed by atoms with Crippen LogP contribution in [-0.4, -0.2) is 30.9 Å². The quantitative estimate of drug-likeness (QED) is 0.538. The van der Waals surface area contributed by atoms with Crippen molar-refractivity contribution in [3.05, 3.63) is 71.7 Å². The molecule has 1 amide bonds. The second kappa shape index (κ2) is 10.6. The summed E-state index contributed by atoms with van der Waals surface area (Å²) in [5, 5.41) is 11.4. The molecule has 9 nitrogen and oxygen atoms in total. The van der Waals surface area contributed by atoms with Crippen molar-refractivity contribution < 1.29 is 17.9 Å².